The van der Waals surface area contributed by atoms with Gasteiger partial charge in [0.1, 0.15) is 17.2 Å². The molecular weight excluding hydrogens is 258 g/mol. The number of benzene rings is 2. The maximum absolute atomic E-state index is 12.1. The van der Waals surface area contributed by atoms with Gasteiger partial charge in [-0.1, -0.05) is 6.07 Å². The molecule has 0 saturated heterocycles. The van der Waals surface area contributed by atoms with E-state index in [4.69, 9.17) is 4.74 Å². The highest BCUT2D eigenvalue weighted by atomic mass is 16.5. The molecule has 2 aromatic rings. The molecule has 2 aromatic carbocycles. The summed E-state index contributed by atoms with van der Waals surface area (Å²) in [5, 5.41) is 21.5. The van der Waals surface area contributed by atoms with Crippen molar-refractivity contribution in [3.8, 4) is 17.2 Å². The van der Waals surface area contributed by atoms with E-state index in [0.717, 1.165) is 11.6 Å². The van der Waals surface area contributed by atoms with E-state index in [2.05, 4.69) is 5.32 Å². The molecule has 0 bridgehead atoms. The Hall–Kier alpha value is -2.69. The van der Waals surface area contributed by atoms with E-state index in [1.54, 1.807) is 12.1 Å². The van der Waals surface area contributed by atoms with E-state index in [1.807, 2.05) is 13.0 Å². The predicted octanol–water partition coefficient (Wildman–Crippen LogP) is 2.67. The fourth-order valence-corrected chi connectivity index (χ4v) is 1.84. The molecule has 5 heteroatoms. The van der Waals surface area contributed by atoms with Crippen molar-refractivity contribution in [3.63, 3.8) is 0 Å². The van der Waals surface area contributed by atoms with Crippen molar-refractivity contribution in [2.45, 2.75) is 6.92 Å². The van der Waals surface area contributed by atoms with Crippen LogP contribution in [0.5, 0.6) is 17.2 Å². The summed E-state index contributed by atoms with van der Waals surface area (Å²) in [6, 6.07) is 9.11. The average molecular weight is 273 g/mol. The third-order valence-corrected chi connectivity index (χ3v) is 2.77. The van der Waals surface area contributed by atoms with Gasteiger partial charge >= 0.3 is 0 Å². The van der Waals surface area contributed by atoms with E-state index in [9.17, 15) is 15.0 Å². The first kappa shape index (κ1) is 13.7. The smallest absolute Gasteiger partial charge is 0.256 e. The van der Waals surface area contributed by atoms with Gasteiger partial charge in [-0.15, -0.1) is 0 Å². The molecule has 20 heavy (non-hydrogen) atoms. The largest absolute Gasteiger partial charge is 0.508 e. The van der Waals surface area contributed by atoms with Crippen LogP contribution in [0.4, 0.5) is 5.69 Å². The molecule has 1 amide bonds. The Kier molecular flexibility index (Phi) is 3.79. The molecule has 0 aliphatic heterocycles. The lowest BCUT2D eigenvalue weighted by molar-refractivity contribution is 0.102. The molecule has 0 atom stereocenters. The number of amides is 1. The molecule has 0 aliphatic rings. The minimum atomic E-state index is -0.444. The van der Waals surface area contributed by atoms with Crippen LogP contribution in [0.2, 0.25) is 0 Å². The SMILES string of the molecule is COc1ccc(C)cc1NC(=O)c1cc(O)cc(O)c1. The van der Waals surface area contributed by atoms with Crippen molar-refractivity contribution >= 4 is 11.6 Å². The highest BCUT2D eigenvalue weighted by molar-refractivity contribution is 6.05. The van der Waals surface area contributed by atoms with E-state index in [-0.39, 0.29) is 17.1 Å². The number of methoxy groups -OCH3 is 1. The van der Waals surface area contributed by atoms with Gasteiger partial charge in [0.15, 0.2) is 0 Å². The summed E-state index contributed by atoms with van der Waals surface area (Å²) in [6.45, 7) is 1.90. The Bertz CT molecular complexity index is 632. The molecule has 104 valence electrons. The van der Waals surface area contributed by atoms with Gasteiger partial charge in [-0.05, 0) is 36.8 Å². The van der Waals surface area contributed by atoms with Crippen LogP contribution < -0.4 is 10.1 Å². The molecule has 0 radical (unpaired) electrons. The van der Waals surface area contributed by atoms with Crippen LogP contribution in [0.1, 0.15) is 15.9 Å². The summed E-state index contributed by atoms with van der Waals surface area (Å²) in [5.74, 6) is -0.258. The molecule has 5 nitrogen and oxygen atoms in total. The topological polar surface area (TPSA) is 78.8 Å². The fourth-order valence-electron chi connectivity index (χ4n) is 1.84. The van der Waals surface area contributed by atoms with E-state index in [0.29, 0.717) is 11.4 Å². The van der Waals surface area contributed by atoms with E-state index < -0.39 is 5.91 Å². The number of nitrogens with one attached hydrogen (secondary N) is 1. The molecule has 0 fully saturated rings. The minimum absolute atomic E-state index is 0.158. The normalized spacial score (nSPS) is 10.1. The van der Waals surface area contributed by atoms with E-state index in [1.165, 1.54) is 19.2 Å². The Morgan fingerprint density at radius 2 is 1.75 bits per heavy atom. The number of hydrogen-bond donors (Lipinski definition) is 3. The number of phenolic OH excluding ortho intramolecular Hbond substituents is 2. The molecule has 0 unspecified atom stereocenters. The Morgan fingerprint density at radius 3 is 2.35 bits per heavy atom. The average Bonchev–Trinajstić information content (AvgIpc) is 2.37. The summed E-state index contributed by atoms with van der Waals surface area (Å²) in [6.07, 6.45) is 0. The van der Waals surface area contributed by atoms with Gasteiger partial charge in [0, 0.05) is 11.6 Å². The molecule has 0 spiro atoms. The summed E-state index contributed by atoms with van der Waals surface area (Å²) in [7, 11) is 1.51. The Balaban J connectivity index is 2.29. The van der Waals surface area contributed by atoms with Crippen LogP contribution in [0.15, 0.2) is 36.4 Å². The second-order valence-corrected chi connectivity index (χ2v) is 4.40. The Labute approximate surface area is 116 Å². The Morgan fingerprint density at radius 1 is 1.10 bits per heavy atom. The number of ether oxygens (including phenoxy) is 1. The minimum Gasteiger partial charge on any atom is -0.508 e. The van der Waals surface area contributed by atoms with Crippen LogP contribution in [0.25, 0.3) is 0 Å². The molecule has 0 aliphatic carbocycles. The quantitative estimate of drug-likeness (QED) is 0.803. The van der Waals surface area contributed by atoms with Gasteiger partial charge in [0.2, 0.25) is 0 Å². The van der Waals surface area contributed by atoms with Gasteiger partial charge in [0.25, 0.3) is 5.91 Å². The summed E-state index contributed by atoms with van der Waals surface area (Å²) in [4.78, 5) is 12.1. The van der Waals surface area contributed by atoms with Gasteiger partial charge < -0.3 is 20.3 Å². The van der Waals surface area contributed by atoms with Gasteiger partial charge in [-0.2, -0.15) is 0 Å². The molecular formula is C15H15NO4. The number of hydrogen-bond acceptors (Lipinski definition) is 4. The van der Waals surface area contributed by atoms with E-state index >= 15 is 0 Å². The number of anilines is 1. The van der Waals surface area contributed by atoms with Crippen LogP contribution in [0, 0.1) is 6.92 Å². The summed E-state index contributed by atoms with van der Waals surface area (Å²) in [5.41, 5.74) is 1.66. The number of phenols is 2. The van der Waals surface area contributed by atoms with Crippen molar-refractivity contribution in [1.82, 2.24) is 0 Å². The second-order valence-electron chi connectivity index (χ2n) is 4.40. The van der Waals surface area contributed by atoms with Crippen molar-refractivity contribution in [3.05, 3.63) is 47.5 Å². The molecule has 0 saturated carbocycles. The number of aromatic hydroxyl groups is 2. The highest BCUT2D eigenvalue weighted by Gasteiger charge is 2.11. The number of carbonyl (C=O) groups excluding carboxylic acids is 1. The zero-order valence-electron chi connectivity index (χ0n) is 11.2. The monoisotopic (exact) mass is 273 g/mol. The van der Waals surface area contributed by atoms with Gasteiger partial charge in [-0.3, -0.25) is 4.79 Å². The van der Waals surface area contributed by atoms with Crippen LogP contribution >= 0.6 is 0 Å². The summed E-state index contributed by atoms with van der Waals surface area (Å²) >= 11 is 0. The first-order valence-electron chi connectivity index (χ1n) is 5.98. The number of aryl methyl sites for hydroxylation is 1. The lowest BCUT2D eigenvalue weighted by Crippen LogP contribution is -2.12. The van der Waals surface area contributed by atoms with Crippen LogP contribution in [0.3, 0.4) is 0 Å². The van der Waals surface area contributed by atoms with Gasteiger partial charge in [0.05, 0.1) is 12.8 Å². The molecule has 2 rings (SSSR count). The number of carbonyl (C=O) groups is 1. The summed E-state index contributed by atoms with van der Waals surface area (Å²) < 4.78 is 5.17. The first-order valence-corrected chi connectivity index (χ1v) is 5.98. The molecule has 3 N–H and O–H groups in total. The van der Waals surface area contributed by atoms with Crippen molar-refractivity contribution in [2.75, 3.05) is 12.4 Å². The molecule has 0 heterocycles. The van der Waals surface area contributed by atoms with Crippen LogP contribution in [-0.2, 0) is 0 Å². The second kappa shape index (κ2) is 5.52. The fraction of sp³-hybridized carbons (Fsp3) is 0.133. The zero-order valence-corrected chi connectivity index (χ0v) is 11.2. The number of rotatable bonds is 3. The van der Waals surface area contributed by atoms with Crippen LogP contribution in [-0.4, -0.2) is 23.2 Å². The maximum Gasteiger partial charge on any atom is 0.256 e. The van der Waals surface area contributed by atoms with Crippen molar-refractivity contribution in [1.29, 1.82) is 0 Å². The van der Waals surface area contributed by atoms with Gasteiger partial charge in [-0.25, -0.2) is 0 Å². The third kappa shape index (κ3) is 3.00. The predicted molar refractivity (Wildman–Crippen MR) is 75.5 cm³/mol. The third-order valence-electron chi connectivity index (χ3n) is 2.77. The van der Waals surface area contributed by atoms with Crippen molar-refractivity contribution < 1.29 is 19.7 Å². The standard InChI is InChI=1S/C15H15NO4/c1-9-3-4-14(20-2)13(5-9)16-15(19)10-6-11(17)8-12(18)7-10/h3-8,17-18H,1-2H3,(H,16,19). The molecule has 0 aromatic heterocycles. The lowest BCUT2D eigenvalue weighted by Gasteiger charge is -2.11. The maximum atomic E-state index is 12.1. The highest BCUT2D eigenvalue weighted by Crippen LogP contribution is 2.27. The lowest BCUT2D eigenvalue weighted by atomic mass is 10.1. The first-order chi connectivity index (χ1) is 9.49. The van der Waals surface area contributed by atoms with Crippen molar-refractivity contribution in [2.24, 2.45) is 0 Å². The zero-order chi connectivity index (χ0) is 14.7.